The van der Waals surface area contributed by atoms with Crippen molar-refractivity contribution in [2.24, 2.45) is 5.16 Å². The largest absolute Gasteiger partial charge is 0.454 e. The zero-order valence-electron chi connectivity index (χ0n) is 15.4. The Morgan fingerprint density at radius 3 is 2.63 bits per heavy atom. The standard InChI is InChI=1S/C22H19BrN2O2/c1-22(2,3)27-25-18-12-21(26-20-10-5-4-8-15(18)20)19-11-16-14(13-24-19)7-6-9-17(16)23/h4-13H,1-3H3. The van der Waals surface area contributed by atoms with Crippen LogP contribution in [-0.4, -0.2) is 10.6 Å². The molecule has 0 saturated heterocycles. The third-order valence-corrected chi connectivity index (χ3v) is 4.72. The second-order valence-corrected chi connectivity index (χ2v) is 8.17. The highest BCUT2D eigenvalue weighted by Crippen LogP contribution is 2.28. The van der Waals surface area contributed by atoms with Gasteiger partial charge in [-0.3, -0.25) is 4.98 Å². The van der Waals surface area contributed by atoms with Gasteiger partial charge in [0.25, 0.3) is 0 Å². The number of hydrogen-bond donors (Lipinski definition) is 0. The van der Waals surface area contributed by atoms with Crippen molar-refractivity contribution in [2.45, 2.75) is 26.4 Å². The van der Waals surface area contributed by atoms with Crippen LogP contribution in [0.5, 0.6) is 0 Å². The summed E-state index contributed by atoms with van der Waals surface area (Å²) in [5, 5.41) is 8.13. The van der Waals surface area contributed by atoms with E-state index < -0.39 is 0 Å². The van der Waals surface area contributed by atoms with E-state index in [-0.39, 0.29) is 5.60 Å². The molecule has 0 aliphatic rings. The molecule has 5 heteroatoms. The molecule has 4 aromatic rings. The zero-order valence-corrected chi connectivity index (χ0v) is 16.9. The molecule has 0 saturated carbocycles. The van der Waals surface area contributed by atoms with Crippen LogP contribution in [0.15, 0.2) is 74.8 Å². The number of nitrogens with zero attached hydrogens (tertiary/aromatic N) is 2. The molecular formula is C22H19BrN2O2. The molecule has 4 nitrogen and oxygen atoms in total. The van der Waals surface area contributed by atoms with Gasteiger partial charge in [-0.25, -0.2) is 0 Å². The molecule has 0 N–H and O–H groups in total. The van der Waals surface area contributed by atoms with E-state index in [9.17, 15) is 0 Å². The van der Waals surface area contributed by atoms with E-state index in [1.54, 1.807) is 0 Å². The normalized spacial score (nSPS) is 12.7. The number of halogens is 1. The van der Waals surface area contributed by atoms with Crippen molar-refractivity contribution < 1.29 is 9.25 Å². The summed E-state index contributed by atoms with van der Waals surface area (Å²) in [7, 11) is 0. The summed E-state index contributed by atoms with van der Waals surface area (Å²) in [6.07, 6.45) is 1.85. The zero-order chi connectivity index (χ0) is 19.0. The minimum atomic E-state index is -0.375. The maximum absolute atomic E-state index is 6.12. The number of aromatic nitrogens is 1. The molecule has 0 atom stereocenters. The Bertz CT molecular complexity index is 1210. The molecule has 4 rings (SSSR count). The lowest BCUT2D eigenvalue weighted by molar-refractivity contribution is -0.00585. The Kier molecular flexibility index (Phi) is 4.48. The smallest absolute Gasteiger partial charge is 0.155 e. The first-order chi connectivity index (χ1) is 12.9. The number of rotatable bonds is 2. The lowest BCUT2D eigenvalue weighted by atomic mass is 10.1. The number of pyridine rings is 1. The molecule has 2 aromatic carbocycles. The third kappa shape index (κ3) is 3.74. The molecule has 0 bridgehead atoms. The predicted octanol–water partition coefficient (Wildman–Crippen LogP) is 6.04. The summed E-state index contributed by atoms with van der Waals surface area (Å²) >= 11 is 3.61. The van der Waals surface area contributed by atoms with Gasteiger partial charge in [0.2, 0.25) is 0 Å². The highest BCUT2D eigenvalue weighted by Gasteiger charge is 2.12. The van der Waals surface area contributed by atoms with E-state index >= 15 is 0 Å². The van der Waals surface area contributed by atoms with Gasteiger partial charge in [-0.15, -0.1) is 0 Å². The molecule has 0 fully saturated rings. The van der Waals surface area contributed by atoms with Crippen LogP contribution in [0.3, 0.4) is 0 Å². The van der Waals surface area contributed by atoms with Crippen molar-refractivity contribution in [3.05, 3.63) is 70.6 Å². The molecule has 27 heavy (non-hydrogen) atoms. The number of para-hydroxylation sites is 1. The van der Waals surface area contributed by atoms with Crippen molar-refractivity contribution in [1.29, 1.82) is 0 Å². The van der Waals surface area contributed by atoms with Gasteiger partial charge in [-0.1, -0.05) is 45.4 Å². The molecule has 0 amide bonds. The first kappa shape index (κ1) is 17.7. The maximum atomic E-state index is 6.12. The van der Waals surface area contributed by atoms with Crippen LogP contribution in [0, 0.1) is 0 Å². The van der Waals surface area contributed by atoms with Gasteiger partial charge in [-0.05, 0) is 50.4 Å². The van der Waals surface area contributed by atoms with E-state index in [2.05, 4.69) is 26.1 Å². The summed E-state index contributed by atoms with van der Waals surface area (Å²) in [5.74, 6) is 0.641. The van der Waals surface area contributed by atoms with Gasteiger partial charge in [-0.2, -0.15) is 0 Å². The van der Waals surface area contributed by atoms with Gasteiger partial charge in [0, 0.05) is 27.5 Å². The minimum absolute atomic E-state index is 0.375. The summed E-state index contributed by atoms with van der Waals surface area (Å²) in [5.41, 5.74) is 1.10. The minimum Gasteiger partial charge on any atom is -0.454 e. The summed E-state index contributed by atoms with van der Waals surface area (Å²) in [6.45, 7) is 5.90. The third-order valence-electron chi connectivity index (χ3n) is 4.03. The summed E-state index contributed by atoms with van der Waals surface area (Å²) < 4.78 is 7.13. The Morgan fingerprint density at radius 2 is 1.81 bits per heavy atom. The monoisotopic (exact) mass is 422 g/mol. The molecule has 2 aromatic heterocycles. The SMILES string of the molecule is CC(C)(C)ON=c1cc(-c2cc3c(Br)cccc3cn2)oc2ccccc12. The number of fused-ring (bicyclic) bond motifs is 2. The Balaban J connectivity index is 1.93. The quantitative estimate of drug-likeness (QED) is 0.369. The first-order valence-electron chi connectivity index (χ1n) is 8.70. The van der Waals surface area contributed by atoms with Crippen molar-refractivity contribution in [1.82, 2.24) is 4.98 Å². The van der Waals surface area contributed by atoms with E-state index in [1.807, 2.05) is 81.6 Å². The number of benzene rings is 2. The van der Waals surface area contributed by atoms with Gasteiger partial charge < -0.3 is 9.25 Å². The molecule has 0 aliphatic heterocycles. The van der Waals surface area contributed by atoms with Crippen LogP contribution in [0.2, 0.25) is 0 Å². The van der Waals surface area contributed by atoms with Crippen molar-refractivity contribution in [3.63, 3.8) is 0 Å². The van der Waals surface area contributed by atoms with Crippen LogP contribution in [0.1, 0.15) is 20.8 Å². The van der Waals surface area contributed by atoms with E-state index in [4.69, 9.17) is 9.25 Å². The fourth-order valence-electron chi connectivity index (χ4n) is 2.77. The molecule has 136 valence electrons. The average Bonchev–Trinajstić information content (AvgIpc) is 2.65. The average molecular weight is 423 g/mol. The predicted molar refractivity (Wildman–Crippen MR) is 111 cm³/mol. The van der Waals surface area contributed by atoms with Crippen LogP contribution in [-0.2, 0) is 4.84 Å². The van der Waals surface area contributed by atoms with Gasteiger partial charge in [0.1, 0.15) is 22.2 Å². The fraction of sp³-hybridized carbons (Fsp3) is 0.182. The van der Waals surface area contributed by atoms with Crippen LogP contribution in [0.4, 0.5) is 0 Å². The van der Waals surface area contributed by atoms with Crippen molar-refractivity contribution >= 4 is 37.7 Å². The Morgan fingerprint density at radius 1 is 1.00 bits per heavy atom. The fourth-order valence-corrected chi connectivity index (χ4v) is 3.27. The molecule has 0 unspecified atom stereocenters. The summed E-state index contributed by atoms with van der Waals surface area (Å²) in [6, 6.07) is 17.7. The lowest BCUT2D eigenvalue weighted by Crippen LogP contribution is -2.18. The van der Waals surface area contributed by atoms with Crippen LogP contribution < -0.4 is 5.36 Å². The molecule has 0 spiro atoms. The van der Waals surface area contributed by atoms with E-state index in [1.165, 1.54) is 0 Å². The molecular weight excluding hydrogens is 404 g/mol. The lowest BCUT2D eigenvalue weighted by Gasteiger charge is -2.15. The molecule has 2 heterocycles. The van der Waals surface area contributed by atoms with E-state index in [0.29, 0.717) is 5.76 Å². The second kappa shape index (κ2) is 6.82. The summed E-state index contributed by atoms with van der Waals surface area (Å²) in [4.78, 5) is 10.2. The highest BCUT2D eigenvalue weighted by molar-refractivity contribution is 9.10. The van der Waals surface area contributed by atoms with Crippen molar-refractivity contribution in [2.75, 3.05) is 0 Å². The van der Waals surface area contributed by atoms with Gasteiger partial charge in [0.05, 0.1) is 0 Å². The Hall–Kier alpha value is -2.66. The van der Waals surface area contributed by atoms with E-state index in [0.717, 1.165) is 37.3 Å². The highest BCUT2D eigenvalue weighted by atomic mass is 79.9. The first-order valence-corrected chi connectivity index (χ1v) is 9.50. The topological polar surface area (TPSA) is 47.6 Å². The second-order valence-electron chi connectivity index (χ2n) is 7.32. The van der Waals surface area contributed by atoms with Gasteiger partial charge in [0.15, 0.2) is 5.76 Å². The van der Waals surface area contributed by atoms with Gasteiger partial charge >= 0.3 is 0 Å². The molecule has 0 radical (unpaired) electrons. The Labute approximate surface area is 165 Å². The van der Waals surface area contributed by atoms with Crippen LogP contribution >= 0.6 is 15.9 Å². The van der Waals surface area contributed by atoms with Crippen molar-refractivity contribution in [3.8, 4) is 11.5 Å². The number of hydrogen-bond acceptors (Lipinski definition) is 4. The maximum Gasteiger partial charge on any atom is 0.155 e. The molecule has 0 aliphatic carbocycles. The van der Waals surface area contributed by atoms with Crippen LogP contribution in [0.25, 0.3) is 33.2 Å².